The molecule has 1 aromatic rings. The highest BCUT2D eigenvalue weighted by Crippen LogP contribution is 2.28. The number of nitrogens with one attached hydrogen (secondary N) is 1. The van der Waals surface area contributed by atoms with Crippen molar-refractivity contribution in [3.63, 3.8) is 0 Å². The van der Waals surface area contributed by atoms with Gasteiger partial charge >= 0.3 is 0 Å². The maximum atomic E-state index is 5.69. The Kier molecular flexibility index (Phi) is 4.59. The quantitative estimate of drug-likeness (QED) is 0.820. The summed E-state index contributed by atoms with van der Waals surface area (Å²) in [6.45, 7) is 0.950. The first-order valence-electron chi connectivity index (χ1n) is 6.27. The first kappa shape index (κ1) is 12.6. The van der Waals surface area contributed by atoms with Crippen LogP contribution in [0.1, 0.15) is 38.5 Å². The molecule has 0 bridgehead atoms. The number of nitrogen functional groups attached to an aromatic ring is 1. The monoisotopic (exact) mass is 298 g/mol. The second-order valence-electron chi connectivity index (χ2n) is 4.64. The summed E-state index contributed by atoms with van der Waals surface area (Å²) in [5, 5.41) is 3.30. The zero-order valence-electron chi connectivity index (χ0n) is 9.95. The maximum Gasteiger partial charge on any atom is 0.145 e. The molecule has 0 aromatic carbocycles. The highest BCUT2D eigenvalue weighted by Gasteiger charge is 2.14. The third-order valence-electron chi connectivity index (χ3n) is 3.37. The van der Waals surface area contributed by atoms with Crippen LogP contribution in [0.25, 0.3) is 0 Å². The van der Waals surface area contributed by atoms with Crippen molar-refractivity contribution >= 4 is 27.6 Å². The first-order valence-corrected chi connectivity index (χ1v) is 7.06. The van der Waals surface area contributed by atoms with Crippen molar-refractivity contribution < 1.29 is 0 Å². The zero-order chi connectivity index (χ0) is 12.1. The number of hydrogen-bond acceptors (Lipinski definition) is 4. The van der Waals surface area contributed by atoms with Crippen molar-refractivity contribution in [1.82, 2.24) is 9.97 Å². The second-order valence-corrected chi connectivity index (χ2v) is 5.43. The highest BCUT2D eigenvalue weighted by atomic mass is 79.9. The van der Waals surface area contributed by atoms with Crippen LogP contribution < -0.4 is 11.1 Å². The van der Waals surface area contributed by atoms with E-state index in [0.29, 0.717) is 5.82 Å². The molecule has 1 fully saturated rings. The predicted octanol–water partition coefficient (Wildman–Crippen LogP) is 3.20. The predicted molar refractivity (Wildman–Crippen MR) is 73.8 cm³/mol. The lowest BCUT2D eigenvalue weighted by molar-refractivity contribution is 0.491. The van der Waals surface area contributed by atoms with E-state index in [4.69, 9.17) is 5.73 Å². The van der Waals surface area contributed by atoms with Gasteiger partial charge in [-0.3, -0.25) is 0 Å². The van der Waals surface area contributed by atoms with Crippen LogP contribution in [0.2, 0.25) is 0 Å². The fraction of sp³-hybridized carbons (Fsp3) is 0.667. The Balaban J connectivity index is 1.72. The van der Waals surface area contributed by atoms with Crippen LogP contribution in [0.5, 0.6) is 0 Å². The molecule has 1 aliphatic carbocycles. The van der Waals surface area contributed by atoms with Crippen molar-refractivity contribution in [1.29, 1.82) is 0 Å². The van der Waals surface area contributed by atoms with Crippen LogP contribution in [0.15, 0.2) is 10.8 Å². The molecule has 2 rings (SSSR count). The van der Waals surface area contributed by atoms with Crippen molar-refractivity contribution in [3.8, 4) is 0 Å². The molecule has 1 saturated carbocycles. The van der Waals surface area contributed by atoms with Crippen LogP contribution in [0.4, 0.5) is 11.6 Å². The van der Waals surface area contributed by atoms with E-state index in [2.05, 4.69) is 31.2 Å². The number of nitrogens with zero attached hydrogens (tertiary/aromatic N) is 2. The van der Waals surface area contributed by atoms with Gasteiger partial charge < -0.3 is 11.1 Å². The summed E-state index contributed by atoms with van der Waals surface area (Å²) in [6, 6.07) is 0. The third kappa shape index (κ3) is 3.56. The topological polar surface area (TPSA) is 63.8 Å². The van der Waals surface area contributed by atoms with Gasteiger partial charge in [-0.1, -0.05) is 25.7 Å². The average Bonchev–Trinajstić information content (AvgIpc) is 2.83. The molecule has 0 unspecified atom stereocenters. The number of rotatable bonds is 5. The van der Waals surface area contributed by atoms with Crippen LogP contribution in [-0.4, -0.2) is 16.5 Å². The number of hydrogen-bond donors (Lipinski definition) is 2. The van der Waals surface area contributed by atoms with Crippen LogP contribution in [-0.2, 0) is 0 Å². The molecule has 5 heteroatoms. The lowest BCUT2D eigenvalue weighted by atomic mass is 10.0. The molecule has 0 amide bonds. The Bertz CT molecular complexity index is 364. The van der Waals surface area contributed by atoms with E-state index in [1.54, 1.807) is 0 Å². The molecule has 17 heavy (non-hydrogen) atoms. The van der Waals surface area contributed by atoms with Gasteiger partial charge in [0.1, 0.15) is 22.4 Å². The molecule has 3 N–H and O–H groups in total. The smallest absolute Gasteiger partial charge is 0.145 e. The summed E-state index contributed by atoms with van der Waals surface area (Å²) in [7, 11) is 0. The molecular formula is C12H19BrN4. The molecule has 0 saturated heterocycles. The molecule has 0 radical (unpaired) electrons. The highest BCUT2D eigenvalue weighted by molar-refractivity contribution is 9.10. The van der Waals surface area contributed by atoms with Crippen LogP contribution in [0.3, 0.4) is 0 Å². The standard InChI is InChI=1S/C12H19BrN4/c13-10-11(14)16-8-17-12(10)15-7-3-6-9-4-1-2-5-9/h8-9H,1-7H2,(H3,14,15,16,17). The molecule has 1 aromatic heterocycles. The summed E-state index contributed by atoms with van der Waals surface area (Å²) in [6.07, 6.45) is 9.69. The summed E-state index contributed by atoms with van der Waals surface area (Å²) >= 11 is 3.39. The van der Waals surface area contributed by atoms with E-state index in [9.17, 15) is 0 Å². The second kappa shape index (κ2) is 6.19. The van der Waals surface area contributed by atoms with Gasteiger partial charge in [0.15, 0.2) is 0 Å². The molecule has 4 nitrogen and oxygen atoms in total. The summed E-state index contributed by atoms with van der Waals surface area (Å²) < 4.78 is 0.765. The minimum atomic E-state index is 0.485. The van der Waals surface area contributed by atoms with E-state index in [0.717, 1.165) is 22.8 Å². The normalized spacial score (nSPS) is 16.3. The number of nitrogens with two attached hydrogens (primary N) is 1. The van der Waals surface area contributed by atoms with Crippen LogP contribution >= 0.6 is 15.9 Å². The largest absolute Gasteiger partial charge is 0.383 e. The zero-order valence-corrected chi connectivity index (χ0v) is 11.5. The Hall–Kier alpha value is -0.840. The van der Waals surface area contributed by atoms with E-state index >= 15 is 0 Å². The SMILES string of the molecule is Nc1ncnc(NCCCC2CCCC2)c1Br. The number of halogens is 1. The van der Waals surface area contributed by atoms with Gasteiger partial charge in [-0.25, -0.2) is 9.97 Å². The third-order valence-corrected chi connectivity index (χ3v) is 4.15. The van der Waals surface area contributed by atoms with E-state index in [1.807, 2.05) is 0 Å². The molecule has 0 spiro atoms. The molecule has 1 heterocycles. The first-order chi connectivity index (χ1) is 8.27. The van der Waals surface area contributed by atoms with E-state index in [1.165, 1.54) is 44.9 Å². The van der Waals surface area contributed by atoms with E-state index < -0.39 is 0 Å². The van der Waals surface area contributed by atoms with Gasteiger partial charge in [0.2, 0.25) is 0 Å². The molecule has 0 aliphatic heterocycles. The lowest BCUT2D eigenvalue weighted by Crippen LogP contribution is -2.07. The van der Waals surface area contributed by atoms with Gasteiger partial charge in [0, 0.05) is 6.54 Å². The Morgan fingerprint density at radius 1 is 1.35 bits per heavy atom. The number of aromatic nitrogens is 2. The molecular weight excluding hydrogens is 280 g/mol. The van der Waals surface area contributed by atoms with Gasteiger partial charge in [0.25, 0.3) is 0 Å². The van der Waals surface area contributed by atoms with Crippen molar-refractivity contribution in [3.05, 3.63) is 10.8 Å². The van der Waals surface area contributed by atoms with Gasteiger partial charge in [-0.15, -0.1) is 0 Å². The van der Waals surface area contributed by atoms with Crippen molar-refractivity contribution in [2.75, 3.05) is 17.6 Å². The Labute approximate surface area is 111 Å². The molecule has 0 atom stereocenters. The van der Waals surface area contributed by atoms with Crippen LogP contribution in [0, 0.1) is 5.92 Å². The molecule has 94 valence electrons. The fourth-order valence-electron chi connectivity index (χ4n) is 2.40. The van der Waals surface area contributed by atoms with Gasteiger partial charge in [-0.05, 0) is 34.7 Å². The minimum Gasteiger partial charge on any atom is -0.383 e. The molecule has 1 aliphatic rings. The Morgan fingerprint density at radius 2 is 2.12 bits per heavy atom. The Morgan fingerprint density at radius 3 is 2.88 bits per heavy atom. The average molecular weight is 299 g/mol. The summed E-state index contributed by atoms with van der Waals surface area (Å²) in [5.74, 6) is 2.23. The van der Waals surface area contributed by atoms with Gasteiger partial charge in [0.05, 0.1) is 0 Å². The summed E-state index contributed by atoms with van der Waals surface area (Å²) in [5.41, 5.74) is 5.69. The van der Waals surface area contributed by atoms with Gasteiger partial charge in [-0.2, -0.15) is 0 Å². The minimum absolute atomic E-state index is 0.485. The fourth-order valence-corrected chi connectivity index (χ4v) is 2.75. The number of anilines is 2. The lowest BCUT2D eigenvalue weighted by Gasteiger charge is -2.10. The van der Waals surface area contributed by atoms with Crippen molar-refractivity contribution in [2.45, 2.75) is 38.5 Å². The maximum absolute atomic E-state index is 5.69. The summed E-state index contributed by atoms with van der Waals surface area (Å²) in [4.78, 5) is 8.07. The van der Waals surface area contributed by atoms with E-state index in [-0.39, 0.29) is 0 Å². The van der Waals surface area contributed by atoms with Crippen molar-refractivity contribution in [2.24, 2.45) is 5.92 Å².